The Balaban J connectivity index is 1.92. The summed E-state index contributed by atoms with van der Waals surface area (Å²) in [4.78, 5) is 22.3. The van der Waals surface area contributed by atoms with E-state index in [9.17, 15) is 14.9 Å². The second-order valence-corrected chi connectivity index (χ2v) is 5.45. The average Bonchev–Trinajstić information content (AvgIpc) is 2.99. The first-order valence-electron chi connectivity index (χ1n) is 6.97. The molecular weight excluding hydrogens is 324 g/mol. The highest BCUT2D eigenvalue weighted by Gasteiger charge is 2.25. The van der Waals surface area contributed by atoms with Crippen LogP contribution >= 0.6 is 11.6 Å². The molecule has 1 N–H and O–H groups in total. The molecule has 9 nitrogen and oxygen atoms in total. The lowest BCUT2D eigenvalue weighted by molar-refractivity contribution is -0.385. The highest BCUT2D eigenvalue weighted by Crippen LogP contribution is 2.19. The van der Waals surface area contributed by atoms with E-state index in [1.54, 1.807) is 4.68 Å². The van der Waals surface area contributed by atoms with Gasteiger partial charge in [-0.3, -0.25) is 24.3 Å². The van der Waals surface area contributed by atoms with E-state index in [0.29, 0.717) is 24.5 Å². The Morgan fingerprint density at radius 1 is 1.48 bits per heavy atom. The molecule has 0 radical (unpaired) electrons. The zero-order chi connectivity index (χ0) is 17.1. The van der Waals surface area contributed by atoms with Gasteiger partial charge in [-0.25, -0.2) is 0 Å². The number of hydrogen-bond acceptors (Lipinski definition) is 5. The predicted octanol–water partition coefficient (Wildman–Crippen LogP) is 1.62. The number of aromatic nitrogens is 4. The third kappa shape index (κ3) is 3.50. The van der Waals surface area contributed by atoms with Crippen LogP contribution in [0, 0.1) is 24.0 Å². The van der Waals surface area contributed by atoms with Crippen LogP contribution in [0.25, 0.3) is 0 Å². The molecule has 1 amide bonds. The number of halogens is 1. The van der Waals surface area contributed by atoms with E-state index >= 15 is 0 Å². The molecule has 0 saturated carbocycles. The largest absolute Gasteiger partial charge is 0.350 e. The Labute approximate surface area is 137 Å². The first kappa shape index (κ1) is 16.9. The Bertz CT molecular complexity index is 751. The van der Waals surface area contributed by atoms with Gasteiger partial charge >= 0.3 is 5.69 Å². The standard InChI is InChI=1S/C13H17ClN6O3/c1-8-11(14)9(2)19(17-8)6-4-5-15-13(21)12-10(20(22)23)7-16-18(12)3/h7H,4-6H2,1-3H3,(H,15,21). The van der Waals surface area contributed by atoms with Crippen molar-refractivity contribution in [3.8, 4) is 0 Å². The average molecular weight is 341 g/mol. The van der Waals surface area contributed by atoms with Gasteiger partial charge in [0, 0.05) is 20.1 Å². The van der Waals surface area contributed by atoms with Crippen molar-refractivity contribution in [3.63, 3.8) is 0 Å². The number of carbonyl (C=O) groups excluding carboxylic acids is 1. The van der Waals surface area contributed by atoms with Crippen LogP contribution in [0.2, 0.25) is 5.02 Å². The number of hydrogen-bond donors (Lipinski definition) is 1. The molecule has 0 unspecified atom stereocenters. The normalized spacial score (nSPS) is 10.8. The third-order valence-corrected chi connectivity index (χ3v) is 4.00. The number of amides is 1. The third-order valence-electron chi connectivity index (χ3n) is 3.46. The second-order valence-electron chi connectivity index (χ2n) is 5.08. The van der Waals surface area contributed by atoms with Gasteiger partial charge in [0.25, 0.3) is 5.91 Å². The van der Waals surface area contributed by atoms with Gasteiger partial charge < -0.3 is 5.32 Å². The quantitative estimate of drug-likeness (QED) is 0.488. The maximum atomic E-state index is 12.1. The van der Waals surface area contributed by atoms with Crippen molar-refractivity contribution in [1.82, 2.24) is 24.9 Å². The molecule has 23 heavy (non-hydrogen) atoms. The molecule has 0 aliphatic carbocycles. The highest BCUT2D eigenvalue weighted by atomic mass is 35.5. The summed E-state index contributed by atoms with van der Waals surface area (Å²) in [5, 5.41) is 22.2. The molecule has 2 heterocycles. The van der Waals surface area contributed by atoms with Crippen LogP contribution in [0.15, 0.2) is 6.20 Å². The zero-order valence-electron chi connectivity index (χ0n) is 13.0. The van der Waals surface area contributed by atoms with Gasteiger partial charge in [0.1, 0.15) is 6.20 Å². The van der Waals surface area contributed by atoms with E-state index in [1.807, 2.05) is 13.8 Å². The van der Waals surface area contributed by atoms with Crippen molar-refractivity contribution in [3.05, 3.63) is 38.4 Å². The Kier molecular flexibility index (Phi) is 4.99. The van der Waals surface area contributed by atoms with Crippen molar-refractivity contribution in [2.45, 2.75) is 26.8 Å². The number of nitrogens with one attached hydrogen (secondary N) is 1. The molecule has 2 aromatic heterocycles. The van der Waals surface area contributed by atoms with Crippen LogP contribution in [-0.2, 0) is 13.6 Å². The van der Waals surface area contributed by atoms with E-state index < -0.39 is 10.8 Å². The Morgan fingerprint density at radius 2 is 2.17 bits per heavy atom. The number of nitro groups is 1. The van der Waals surface area contributed by atoms with Crippen LogP contribution in [0.1, 0.15) is 28.3 Å². The fraction of sp³-hybridized carbons (Fsp3) is 0.462. The summed E-state index contributed by atoms with van der Waals surface area (Å²) in [6.45, 7) is 4.65. The molecular formula is C13H17ClN6O3. The minimum atomic E-state index is -0.625. The maximum absolute atomic E-state index is 12.1. The van der Waals surface area contributed by atoms with Crippen LogP contribution in [0.4, 0.5) is 5.69 Å². The summed E-state index contributed by atoms with van der Waals surface area (Å²) >= 11 is 6.07. The molecule has 10 heteroatoms. The smallest absolute Gasteiger partial charge is 0.320 e. The summed E-state index contributed by atoms with van der Waals surface area (Å²) in [5.41, 5.74) is 1.26. The molecule has 0 saturated heterocycles. The van der Waals surface area contributed by atoms with Crippen molar-refractivity contribution >= 4 is 23.2 Å². The summed E-state index contributed by atoms with van der Waals surface area (Å²) in [7, 11) is 1.49. The van der Waals surface area contributed by atoms with Crippen LogP contribution in [-0.4, -0.2) is 36.9 Å². The summed E-state index contributed by atoms with van der Waals surface area (Å²) in [6.07, 6.45) is 1.68. The maximum Gasteiger partial charge on any atom is 0.320 e. The van der Waals surface area contributed by atoms with Gasteiger partial charge in [0.05, 0.1) is 21.3 Å². The molecule has 2 aromatic rings. The predicted molar refractivity (Wildman–Crippen MR) is 83.5 cm³/mol. The Hall–Kier alpha value is -2.42. The summed E-state index contributed by atoms with van der Waals surface area (Å²) in [5.74, 6) is -0.525. The monoisotopic (exact) mass is 340 g/mol. The molecule has 0 fully saturated rings. The molecule has 124 valence electrons. The van der Waals surface area contributed by atoms with Crippen LogP contribution in [0.5, 0.6) is 0 Å². The first-order chi connectivity index (χ1) is 10.8. The number of rotatable bonds is 6. The number of aryl methyl sites for hydroxylation is 3. The van der Waals surface area contributed by atoms with Gasteiger partial charge in [-0.1, -0.05) is 11.6 Å². The van der Waals surface area contributed by atoms with Crippen LogP contribution < -0.4 is 5.32 Å². The van der Waals surface area contributed by atoms with Crippen molar-refractivity contribution in [1.29, 1.82) is 0 Å². The van der Waals surface area contributed by atoms with Crippen molar-refractivity contribution < 1.29 is 9.72 Å². The van der Waals surface area contributed by atoms with Gasteiger partial charge in [0.15, 0.2) is 0 Å². The number of nitrogens with zero attached hydrogens (tertiary/aromatic N) is 5. The molecule has 0 bridgehead atoms. The van der Waals surface area contributed by atoms with E-state index in [1.165, 1.54) is 11.7 Å². The van der Waals surface area contributed by atoms with E-state index in [0.717, 1.165) is 17.6 Å². The minimum absolute atomic E-state index is 0.0656. The lowest BCUT2D eigenvalue weighted by Gasteiger charge is -2.07. The summed E-state index contributed by atoms with van der Waals surface area (Å²) < 4.78 is 2.96. The fourth-order valence-electron chi connectivity index (χ4n) is 2.23. The SMILES string of the molecule is Cc1nn(CCCNC(=O)c2c([N+](=O)[O-])cnn2C)c(C)c1Cl. The van der Waals surface area contributed by atoms with Crippen LogP contribution in [0.3, 0.4) is 0 Å². The molecule has 2 rings (SSSR count). The van der Waals surface area contributed by atoms with Gasteiger partial charge in [-0.2, -0.15) is 10.2 Å². The van der Waals surface area contributed by atoms with Crippen molar-refractivity contribution in [2.24, 2.45) is 7.05 Å². The van der Waals surface area contributed by atoms with E-state index in [-0.39, 0.29) is 11.4 Å². The highest BCUT2D eigenvalue weighted by molar-refractivity contribution is 6.31. The van der Waals surface area contributed by atoms with Gasteiger partial charge in [0.2, 0.25) is 5.69 Å². The molecule has 0 spiro atoms. The number of carbonyl (C=O) groups is 1. The minimum Gasteiger partial charge on any atom is -0.350 e. The van der Waals surface area contributed by atoms with Gasteiger partial charge in [-0.15, -0.1) is 0 Å². The second kappa shape index (κ2) is 6.78. The topological polar surface area (TPSA) is 108 Å². The lowest BCUT2D eigenvalue weighted by atomic mass is 10.3. The van der Waals surface area contributed by atoms with E-state index in [2.05, 4.69) is 15.5 Å². The first-order valence-corrected chi connectivity index (χ1v) is 7.34. The molecule has 0 aliphatic rings. The summed E-state index contributed by atoms with van der Waals surface area (Å²) in [6, 6.07) is 0. The molecule has 0 aliphatic heterocycles. The Morgan fingerprint density at radius 3 is 2.74 bits per heavy atom. The van der Waals surface area contributed by atoms with Crippen molar-refractivity contribution in [2.75, 3.05) is 6.54 Å². The zero-order valence-corrected chi connectivity index (χ0v) is 13.8. The molecule has 0 aromatic carbocycles. The van der Waals surface area contributed by atoms with E-state index in [4.69, 9.17) is 11.6 Å². The molecule has 0 atom stereocenters. The lowest BCUT2D eigenvalue weighted by Crippen LogP contribution is -2.28. The fourth-order valence-corrected chi connectivity index (χ4v) is 2.37. The van der Waals surface area contributed by atoms with Gasteiger partial charge in [-0.05, 0) is 20.3 Å².